The van der Waals surface area contributed by atoms with E-state index < -0.39 is 41.9 Å². The SMILES string of the molecule is CCOC(=O)[C@H](C)NP(=O)(CC)COc1cc(Br)c(Oc2ccc(O)c(Cc3ccc(F)cc3)c2)c(Br)c1.CNP(=O)(COc1cc(C)c(Cc2ccc(O)c(C(C)C)c2)c(C)c1)OCc1ccccc1.Cc1cc(OCP(N)(=O)OCc2ccccc2)cc(C)c1Cc1ccc(O)c(C(C)C)c1.Cc1cccc([C@@H]2CCO[P@](=O)(COc3cc(C)c(Cc4cc(I)c(O)c(C(C)C)c4)c(C)c3)O2)c1. The number of carbonyl (C=O) groups is 1. The summed E-state index contributed by atoms with van der Waals surface area (Å²) in [6.07, 6.45) is 2.91. The first kappa shape index (κ1) is 112. The van der Waals surface area contributed by atoms with Gasteiger partial charge >= 0.3 is 28.6 Å². The highest BCUT2D eigenvalue weighted by Crippen LogP contribution is 2.57. The van der Waals surface area contributed by atoms with E-state index in [1.165, 1.54) is 28.8 Å². The molecular formula is C109H129Br2FIN3O19P4. The van der Waals surface area contributed by atoms with E-state index in [0.717, 1.165) is 117 Å². The molecule has 12 aromatic carbocycles. The van der Waals surface area contributed by atoms with E-state index in [9.17, 15) is 47.9 Å². The molecule has 1 aliphatic heterocycles. The number of ether oxygens (including phenoxy) is 6. The number of carbonyl (C=O) groups excluding carboxylic acids is 1. The lowest BCUT2D eigenvalue weighted by atomic mass is 9.93. The first-order chi connectivity index (χ1) is 65.9. The Morgan fingerprint density at radius 2 is 0.986 bits per heavy atom. The van der Waals surface area contributed by atoms with Gasteiger partial charge in [-0.05, 0) is 364 Å². The number of benzene rings is 12. The largest absolute Gasteiger partial charge is 0.508 e. The molecule has 0 bridgehead atoms. The Morgan fingerprint density at radius 1 is 0.518 bits per heavy atom. The first-order valence-electron chi connectivity index (χ1n) is 46.2. The van der Waals surface area contributed by atoms with Crippen molar-refractivity contribution in [3.05, 3.63) is 360 Å². The molecule has 22 nitrogen and oxygen atoms in total. The Kier molecular flexibility index (Phi) is 41.7. The summed E-state index contributed by atoms with van der Waals surface area (Å²) in [4.78, 5) is 11.9. The molecule has 0 aromatic heterocycles. The maximum atomic E-state index is 13.3. The summed E-state index contributed by atoms with van der Waals surface area (Å²) in [5, 5.41) is 46.6. The number of rotatable bonds is 38. The van der Waals surface area contributed by atoms with Crippen molar-refractivity contribution in [3.8, 4) is 57.5 Å². The lowest BCUT2D eigenvalue weighted by Crippen LogP contribution is -2.35. The highest BCUT2D eigenvalue weighted by Gasteiger charge is 2.36. The Labute approximate surface area is 848 Å². The number of phenols is 4. The van der Waals surface area contributed by atoms with Crippen LogP contribution in [0.25, 0.3) is 0 Å². The van der Waals surface area contributed by atoms with Gasteiger partial charge in [0.2, 0.25) is 0 Å². The van der Waals surface area contributed by atoms with Crippen LogP contribution in [0.4, 0.5) is 4.39 Å². The van der Waals surface area contributed by atoms with Crippen molar-refractivity contribution < 1.29 is 94.4 Å². The predicted octanol–water partition coefficient (Wildman–Crippen LogP) is 29.1. The smallest absolute Gasteiger partial charge is 0.368 e. The van der Waals surface area contributed by atoms with E-state index in [0.29, 0.717) is 91.9 Å². The van der Waals surface area contributed by atoms with Crippen LogP contribution in [0, 0.1) is 57.9 Å². The van der Waals surface area contributed by atoms with Gasteiger partial charge < -0.3 is 67.0 Å². The molecule has 0 spiro atoms. The van der Waals surface area contributed by atoms with Crippen LogP contribution in [0.15, 0.2) is 233 Å². The second-order valence-corrected chi connectivity index (χ2v) is 47.6. The van der Waals surface area contributed by atoms with E-state index in [2.05, 4.69) is 158 Å². The molecule has 13 rings (SSSR count). The average molecular weight is 2210 g/mol. The molecule has 12 aromatic rings. The fourth-order valence-electron chi connectivity index (χ4n) is 15.6. The number of aryl methyl sites for hydroxylation is 7. The summed E-state index contributed by atoms with van der Waals surface area (Å²) < 4.78 is 125. The molecule has 0 saturated carbocycles. The summed E-state index contributed by atoms with van der Waals surface area (Å²) in [5.74, 6) is 4.46. The van der Waals surface area contributed by atoms with Crippen LogP contribution in [-0.4, -0.2) is 84.3 Å². The lowest BCUT2D eigenvalue weighted by Gasteiger charge is -2.30. The molecular weight excluding hydrogens is 2080 g/mol. The molecule has 1 saturated heterocycles. The van der Waals surface area contributed by atoms with Crippen molar-refractivity contribution in [1.82, 2.24) is 10.2 Å². The van der Waals surface area contributed by atoms with Crippen molar-refractivity contribution in [2.75, 3.05) is 51.8 Å². The van der Waals surface area contributed by atoms with Crippen molar-refractivity contribution in [3.63, 3.8) is 0 Å². The Balaban J connectivity index is 0.000000191. The molecule has 3 unspecified atom stereocenters. The molecule has 1 fully saturated rings. The fraction of sp³-hybridized carbons (Fsp3) is 0.330. The third kappa shape index (κ3) is 33.6. The normalized spacial score (nSPS) is 15.0. The van der Waals surface area contributed by atoms with Gasteiger partial charge in [-0.1, -0.05) is 181 Å². The number of hydrogen-bond donors (Lipinski definition) is 7. The third-order valence-electron chi connectivity index (χ3n) is 23.4. The summed E-state index contributed by atoms with van der Waals surface area (Å²) in [6.45, 7) is 33.0. The molecule has 742 valence electrons. The van der Waals surface area contributed by atoms with Gasteiger partial charge in [0.15, 0.2) is 38.4 Å². The van der Waals surface area contributed by atoms with Gasteiger partial charge in [-0.15, -0.1) is 0 Å². The Morgan fingerprint density at radius 3 is 1.48 bits per heavy atom. The molecule has 1 heterocycles. The van der Waals surface area contributed by atoms with Crippen molar-refractivity contribution in [2.24, 2.45) is 5.50 Å². The minimum Gasteiger partial charge on any atom is -0.508 e. The topological polar surface area (TPSA) is 309 Å². The second-order valence-electron chi connectivity index (χ2n) is 35.6. The summed E-state index contributed by atoms with van der Waals surface area (Å²) in [5.41, 5.74) is 27.9. The van der Waals surface area contributed by atoms with Crippen LogP contribution in [0.5, 0.6) is 57.5 Å². The van der Waals surface area contributed by atoms with Gasteiger partial charge in [0.05, 0.1) is 45.0 Å². The number of nitrogens with two attached hydrogens (primary N) is 1. The van der Waals surface area contributed by atoms with Crippen LogP contribution < -0.4 is 39.4 Å². The van der Waals surface area contributed by atoms with E-state index in [4.69, 9.17) is 52.0 Å². The van der Waals surface area contributed by atoms with Crippen molar-refractivity contribution in [1.29, 1.82) is 0 Å². The summed E-state index contributed by atoms with van der Waals surface area (Å²) >= 11 is 9.19. The molecule has 139 heavy (non-hydrogen) atoms. The minimum absolute atomic E-state index is 0.0513. The van der Waals surface area contributed by atoms with Crippen LogP contribution >= 0.6 is 84.4 Å². The van der Waals surface area contributed by atoms with Gasteiger partial charge in [-0.25, -0.2) is 9.48 Å². The maximum Gasteiger partial charge on any atom is 0.368 e. The van der Waals surface area contributed by atoms with E-state index in [-0.39, 0.29) is 80.6 Å². The molecule has 30 heteroatoms. The summed E-state index contributed by atoms with van der Waals surface area (Å²) in [6, 6.07) is 68.4. The zero-order chi connectivity index (χ0) is 101. The highest BCUT2D eigenvalue weighted by atomic mass is 127. The van der Waals surface area contributed by atoms with E-state index in [1.807, 2.05) is 154 Å². The van der Waals surface area contributed by atoms with Crippen LogP contribution in [0.1, 0.15) is 209 Å². The molecule has 0 aliphatic carbocycles. The van der Waals surface area contributed by atoms with Gasteiger partial charge in [0.1, 0.15) is 63.6 Å². The number of aromatic hydroxyl groups is 4. The fourth-order valence-corrected chi connectivity index (χ4v) is 22.5. The Hall–Kier alpha value is -9.43. The first-order valence-corrected chi connectivity index (χ1v) is 56.3. The van der Waals surface area contributed by atoms with Crippen LogP contribution in [-0.2, 0) is 84.8 Å². The monoisotopic (exact) mass is 2210 g/mol. The molecule has 0 radical (unpaired) electrons. The molecule has 1 aliphatic rings. The lowest BCUT2D eigenvalue weighted by molar-refractivity contribution is -0.144. The van der Waals surface area contributed by atoms with Gasteiger partial charge in [-0.2, -0.15) is 0 Å². The maximum absolute atomic E-state index is 13.3. The average Bonchev–Trinajstić information content (AvgIpc) is 0.774. The number of halogens is 4. The number of hydrogen-bond acceptors (Lipinski definition) is 19. The number of esters is 1. The second kappa shape index (κ2) is 52.0. The van der Waals surface area contributed by atoms with Crippen LogP contribution in [0.3, 0.4) is 0 Å². The third-order valence-corrected chi connectivity index (χ3v) is 32.2. The van der Waals surface area contributed by atoms with Gasteiger partial charge in [0, 0.05) is 24.6 Å². The highest BCUT2D eigenvalue weighted by molar-refractivity contribution is 14.1. The quantitative estimate of drug-likeness (QED) is 0.0107. The number of phenolic OH excluding ortho intramolecular Hbond substituents is 4. The Bertz CT molecular complexity index is 6300. The van der Waals surface area contributed by atoms with Crippen LogP contribution in [0.2, 0.25) is 0 Å². The minimum atomic E-state index is -3.39. The molecule has 0 amide bonds. The molecule has 6 atom stereocenters. The molecule has 8 N–H and O–H groups in total. The predicted molar refractivity (Wildman–Crippen MR) is 568 cm³/mol. The van der Waals surface area contributed by atoms with Crippen molar-refractivity contribution in [2.45, 2.75) is 186 Å². The van der Waals surface area contributed by atoms with Crippen molar-refractivity contribution >= 4 is 90.3 Å². The van der Waals surface area contributed by atoms with Gasteiger partial charge in [0.25, 0.3) is 0 Å². The standard InChI is InChI=1S/C29H34IO5P.C27H29Br2FNO6P.C27H34NO4P.C26H32NO4P/c1-18(2)25-14-22(16-27(30)29(25)31)15-26-20(4)12-24(13-21(26)5)33-17-36(32)34-10-9-28(35-36)23-8-6-7-19(3)11-23;1-4-35-27(33)17(3)31-38(34,5-2)16-36-22-14-23(28)26(24(29)15-22)37-21-10-11-25(32)19(13-21)12-18-6-8-20(30)9-7-18;1-19(2)25-15-23(11-12-27(25)29)16-26-20(3)13-24(14-21(26)4)31-18-33(30,28-5)32-17-22-9-7-6-8-10-22;1-18(2)24-14-22(10-11-26(24)28)15-25-19(3)12-23(13-20(25)4)30-17-32(27,29)31-16-21-8-6-5-7-9-21/h6-8,11-14,16,18,28,31H,9-10,15,17H2,1-5H3;6-11,13-15,17,32H,4-5,12,16H2,1-3H3,(H,31,34);6-15,19,29H,16-18H2,1-5H3,(H,28,30);5-14,18,28H,15-17H2,1-4H3,(H2,27,29)/t28-,36+;17-,38?;;/m00../s1. The van der Waals surface area contributed by atoms with E-state index in [1.54, 1.807) is 82.4 Å². The zero-order valence-electron chi connectivity index (χ0n) is 81.9. The van der Waals surface area contributed by atoms with E-state index >= 15 is 0 Å². The number of nitrogens with one attached hydrogen (secondary N) is 2. The summed E-state index contributed by atoms with van der Waals surface area (Å²) in [7, 11) is -11.3. The zero-order valence-corrected chi connectivity index (χ0v) is 90.8. The van der Waals surface area contributed by atoms with Gasteiger partial charge in [-0.3, -0.25) is 33.6 Å².